The second-order valence-corrected chi connectivity index (χ2v) is 4.64. The van der Waals surface area contributed by atoms with Crippen LogP contribution in [0.3, 0.4) is 0 Å². The van der Waals surface area contributed by atoms with Crippen molar-refractivity contribution in [3.8, 4) is 0 Å². The molecule has 1 aromatic carbocycles. The van der Waals surface area contributed by atoms with Gasteiger partial charge >= 0.3 is 0 Å². The van der Waals surface area contributed by atoms with Gasteiger partial charge < -0.3 is 15.8 Å². The van der Waals surface area contributed by atoms with Gasteiger partial charge in [-0.2, -0.15) is 0 Å². The number of amides is 1. The van der Waals surface area contributed by atoms with Crippen LogP contribution >= 0.6 is 0 Å². The van der Waals surface area contributed by atoms with Crippen LogP contribution in [0.15, 0.2) is 24.3 Å². The molecular weight excluding hydrogens is 228 g/mol. The van der Waals surface area contributed by atoms with Crippen LogP contribution in [0.5, 0.6) is 0 Å². The lowest BCUT2D eigenvalue weighted by Crippen LogP contribution is -2.26. The predicted molar refractivity (Wildman–Crippen MR) is 69.8 cm³/mol. The molecule has 3 N–H and O–H groups in total. The molecular formula is C14H20N2O2. The van der Waals surface area contributed by atoms with Crippen molar-refractivity contribution in [2.75, 3.05) is 6.61 Å². The molecule has 0 radical (unpaired) electrons. The standard InChI is InChI=1S/C14H20N2O2/c15-9-11-3-1-4-12(7-11)10-16-14(17)8-13-5-2-6-18-13/h1,3-4,7,13H,2,5-6,8-10,15H2,(H,16,17). The Hall–Kier alpha value is -1.39. The topological polar surface area (TPSA) is 64.3 Å². The lowest BCUT2D eigenvalue weighted by atomic mass is 10.1. The van der Waals surface area contributed by atoms with Gasteiger partial charge in [0.25, 0.3) is 0 Å². The molecule has 0 bridgehead atoms. The Bertz CT molecular complexity index is 401. The maximum atomic E-state index is 11.7. The Morgan fingerprint density at radius 1 is 1.44 bits per heavy atom. The van der Waals surface area contributed by atoms with E-state index in [0.717, 1.165) is 30.6 Å². The number of ether oxygens (including phenoxy) is 1. The molecule has 1 amide bonds. The van der Waals surface area contributed by atoms with E-state index in [-0.39, 0.29) is 12.0 Å². The van der Waals surface area contributed by atoms with E-state index in [1.807, 2.05) is 24.3 Å². The molecule has 1 aliphatic heterocycles. The molecule has 0 spiro atoms. The molecule has 4 nitrogen and oxygen atoms in total. The van der Waals surface area contributed by atoms with Crippen molar-refractivity contribution >= 4 is 5.91 Å². The van der Waals surface area contributed by atoms with Crippen LogP contribution in [0.2, 0.25) is 0 Å². The fourth-order valence-corrected chi connectivity index (χ4v) is 2.15. The van der Waals surface area contributed by atoms with Crippen molar-refractivity contribution in [3.05, 3.63) is 35.4 Å². The highest BCUT2D eigenvalue weighted by Gasteiger charge is 2.18. The number of carbonyl (C=O) groups is 1. The molecule has 1 unspecified atom stereocenters. The molecule has 4 heteroatoms. The van der Waals surface area contributed by atoms with Gasteiger partial charge in [-0.25, -0.2) is 0 Å². The Morgan fingerprint density at radius 3 is 3.00 bits per heavy atom. The number of benzene rings is 1. The summed E-state index contributed by atoms with van der Waals surface area (Å²) < 4.78 is 5.43. The smallest absolute Gasteiger partial charge is 0.222 e. The Kier molecular flexibility index (Phi) is 4.73. The van der Waals surface area contributed by atoms with Gasteiger partial charge in [0, 0.05) is 19.7 Å². The highest BCUT2D eigenvalue weighted by Crippen LogP contribution is 2.15. The second kappa shape index (κ2) is 6.52. The monoisotopic (exact) mass is 248 g/mol. The quantitative estimate of drug-likeness (QED) is 0.826. The first-order valence-corrected chi connectivity index (χ1v) is 6.44. The number of carbonyl (C=O) groups excluding carboxylic acids is 1. The Balaban J connectivity index is 1.77. The van der Waals surface area contributed by atoms with E-state index in [0.29, 0.717) is 19.5 Å². The van der Waals surface area contributed by atoms with Crippen LogP contribution in [-0.2, 0) is 22.6 Å². The summed E-state index contributed by atoms with van der Waals surface area (Å²) >= 11 is 0. The number of nitrogens with one attached hydrogen (secondary N) is 1. The first kappa shape index (κ1) is 13.1. The highest BCUT2D eigenvalue weighted by molar-refractivity contribution is 5.76. The zero-order chi connectivity index (χ0) is 12.8. The van der Waals surface area contributed by atoms with E-state index in [1.165, 1.54) is 0 Å². The van der Waals surface area contributed by atoms with Crippen LogP contribution in [0, 0.1) is 0 Å². The lowest BCUT2D eigenvalue weighted by Gasteiger charge is -2.10. The molecule has 1 atom stereocenters. The molecule has 18 heavy (non-hydrogen) atoms. The summed E-state index contributed by atoms with van der Waals surface area (Å²) in [6.07, 6.45) is 2.64. The summed E-state index contributed by atoms with van der Waals surface area (Å²) in [5.41, 5.74) is 7.75. The van der Waals surface area contributed by atoms with E-state index in [2.05, 4.69) is 5.32 Å². The summed E-state index contributed by atoms with van der Waals surface area (Å²) in [7, 11) is 0. The summed E-state index contributed by atoms with van der Waals surface area (Å²) in [6, 6.07) is 7.96. The van der Waals surface area contributed by atoms with Crippen LogP contribution in [0.25, 0.3) is 0 Å². The second-order valence-electron chi connectivity index (χ2n) is 4.64. The number of nitrogens with two attached hydrogens (primary N) is 1. The average Bonchev–Trinajstić information content (AvgIpc) is 2.89. The first-order valence-electron chi connectivity index (χ1n) is 6.44. The van der Waals surface area contributed by atoms with Gasteiger partial charge in [-0.15, -0.1) is 0 Å². The van der Waals surface area contributed by atoms with Gasteiger partial charge in [0.2, 0.25) is 5.91 Å². The van der Waals surface area contributed by atoms with Gasteiger partial charge in [-0.3, -0.25) is 4.79 Å². The third-order valence-electron chi connectivity index (χ3n) is 3.15. The van der Waals surface area contributed by atoms with Gasteiger partial charge in [-0.05, 0) is 24.0 Å². The van der Waals surface area contributed by atoms with Gasteiger partial charge in [0.1, 0.15) is 0 Å². The van der Waals surface area contributed by atoms with Crippen molar-refractivity contribution in [2.45, 2.75) is 38.5 Å². The minimum Gasteiger partial charge on any atom is -0.378 e. The minimum atomic E-state index is 0.0556. The third-order valence-corrected chi connectivity index (χ3v) is 3.15. The number of hydrogen-bond acceptors (Lipinski definition) is 3. The summed E-state index contributed by atoms with van der Waals surface area (Å²) in [5.74, 6) is 0.0556. The number of hydrogen-bond donors (Lipinski definition) is 2. The zero-order valence-electron chi connectivity index (χ0n) is 10.5. The molecule has 1 saturated heterocycles. The SMILES string of the molecule is NCc1cccc(CNC(=O)CC2CCCO2)c1. The molecule has 1 aliphatic rings. The zero-order valence-corrected chi connectivity index (χ0v) is 10.5. The molecule has 0 saturated carbocycles. The summed E-state index contributed by atoms with van der Waals surface area (Å²) in [6.45, 7) is 1.87. The van der Waals surface area contributed by atoms with E-state index >= 15 is 0 Å². The Morgan fingerprint density at radius 2 is 2.28 bits per heavy atom. The van der Waals surface area contributed by atoms with E-state index < -0.39 is 0 Å². The molecule has 1 heterocycles. The molecule has 1 fully saturated rings. The van der Waals surface area contributed by atoms with Gasteiger partial charge in [0.15, 0.2) is 0 Å². The van der Waals surface area contributed by atoms with Crippen molar-refractivity contribution in [2.24, 2.45) is 5.73 Å². The summed E-state index contributed by atoms with van der Waals surface area (Å²) in [4.78, 5) is 11.7. The third kappa shape index (κ3) is 3.82. The molecule has 0 aliphatic carbocycles. The molecule has 98 valence electrons. The Labute approximate surface area is 108 Å². The largest absolute Gasteiger partial charge is 0.378 e. The summed E-state index contributed by atoms with van der Waals surface area (Å²) in [5, 5.41) is 2.92. The molecule has 0 aromatic heterocycles. The number of rotatable bonds is 5. The van der Waals surface area contributed by atoms with E-state index in [1.54, 1.807) is 0 Å². The first-order chi connectivity index (χ1) is 8.78. The fourth-order valence-electron chi connectivity index (χ4n) is 2.15. The van der Waals surface area contributed by atoms with Crippen LogP contribution in [0.1, 0.15) is 30.4 Å². The fraction of sp³-hybridized carbons (Fsp3) is 0.500. The minimum absolute atomic E-state index is 0.0556. The normalized spacial score (nSPS) is 18.8. The predicted octanol–water partition coefficient (Wildman–Crippen LogP) is 1.33. The average molecular weight is 248 g/mol. The van der Waals surface area contributed by atoms with Crippen molar-refractivity contribution in [1.29, 1.82) is 0 Å². The van der Waals surface area contributed by atoms with Crippen LogP contribution < -0.4 is 11.1 Å². The molecule has 2 rings (SSSR count). The van der Waals surface area contributed by atoms with Crippen molar-refractivity contribution in [3.63, 3.8) is 0 Å². The van der Waals surface area contributed by atoms with Crippen molar-refractivity contribution in [1.82, 2.24) is 5.32 Å². The van der Waals surface area contributed by atoms with Crippen LogP contribution in [-0.4, -0.2) is 18.6 Å². The maximum Gasteiger partial charge on any atom is 0.222 e. The van der Waals surface area contributed by atoms with E-state index in [9.17, 15) is 4.79 Å². The lowest BCUT2D eigenvalue weighted by molar-refractivity contribution is -0.123. The molecule has 1 aromatic rings. The van der Waals surface area contributed by atoms with Gasteiger partial charge in [0.05, 0.1) is 12.5 Å². The van der Waals surface area contributed by atoms with Crippen LogP contribution in [0.4, 0.5) is 0 Å². The van der Waals surface area contributed by atoms with E-state index in [4.69, 9.17) is 10.5 Å². The maximum absolute atomic E-state index is 11.7. The highest BCUT2D eigenvalue weighted by atomic mass is 16.5. The van der Waals surface area contributed by atoms with Crippen molar-refractivity contribution < 1.29 is 9.53 Å². The van der Waals surface area contributed by atoms with Gasteiger partial charge in [-0.1, -0.05) is 24.3 Å².